The smallest absolute Gasteiger partial charge is 0.328 e. The first-order chi connectivity index (χ1) is 30.9. The van der Waals surface area contributed by atoms with Gasteiger partial charge >= 0.3 is 5.69 Å². The van der Waals surface area contributed by atoms with Crippen LogP contribution in [0, 0.1) is 25.5 Å². The molecule has 0 saturated carbocycles. The lowest BCUT2D eigenvalue weighted by Crippen LogP contribution is -2.29. The van der Waals surface area contributed by atoms with E-state index in [0.29, 0.717) is 33.6 Å². The maximum absolute atomic E-state index is 15.1. The van der Waals surface area contributed by atoms with Gasteiger partial charge in [0.15, 0.2) is 11.6 Å². The largest absolute Gasteiger partial charge is 0.386 e. The zero-order valence-corrected chi connectivity index (χ0v) is 39.0. The third-order valence-electron chi connectivity index (χ3n) is 11.4. The number of aromatic nitrogens is 7. The monoisotopic (exact) mass is 894 g/mol. The van der Waals surface area contributed by atoms with Gasteiger partial charge in [0.2, 0.25) is 0 Å². The van der Waals surface area contributed by atoms with Crippen LogP contribution in [0.15, 0.2) is 71.7 Å². The molecular formula is C48H58F4N12O. The van der Waals surface area contributed by atoms with Crippen LogP contribution in [0.4, 0.5) is 40.6 Å². The molecule has 0 aliphatic rings. The first-order valence-electron chi connectivity index (χ1n) is 21.5. The fourth-order valence-corrected chi connectivity index (χ4v) is 8.08. The Morgan fingerprint density at radius 2 is 1.15 bits per heavy atom. The fraction of sp³-hybridized carbons (Fsp3) is 0.354. The molecule has 0 saturated heterocycles. The number of alkyl halides is 2. The Morgan fingerprint density at radius 1 is 0.677 bits per heavy atom. The minimum atomic E-state index is -3.35. The fourth-order valence-electron chi connectivity index (χ4n) is 8.08. The number of nitrogens with zero attached hydrogens (tertiary/aromatic N) is 7. The maximum atomic E-state index is 15.1. The highest BCUT2D eigenvalue weighted by Crippen LogP contribution is 2.37. The predicted octanol–water partition coefficient (Wildman–Crippen LogP) is 9.99. The van der Waals surface area contributed by atoms with Crippen LogP contribution in [0.3, 0.4) is 0 Å². The van der Waals surface area contributed by atoms with E-state index < -0.39 is 29.9 Å². The molecule has 4 aromatic carbocycles. The van der Waals surface area contributed by atoms with Crippen molar-refractivity contribution in [2.75, 3.05) is 49.0 Å². The van der Waals surface area contributed by atoms with Crippen LogP contribution in [-0.4, -0.2) is 61.8 Å². The van der Waals surface area contributed by atoms with Gasteiger partial charge in [0.1, 0.15) is 11.6 Å². The molecule has 4 heterocycles. The quantitative estimate of drug-likeness (QED) is 0.0797. The van der Waals surface area contributed by atoms with Crippen molar-refractivity contribution in [1.29, 1.82) is 0 Å². The second kappa shape index (κ2) is 19.6. The lowest BCUT2D eigenvalue weighted by atomic mass is 9.99. The Balaban J connectivity index is 0.000000205. The molecule has 0 amide bonds. The van der Waals surface area contributed by atoms with Crippen molar-refractivity contribution < 1.29 is 17.6 Å². The number of para-hydroxylation sites is 1. The predicted molar refractivity (Wildman–Crippen MR) is 256 cm³/mol. The molecule has 344 valence electrons. The molecule has 8 aromatic rings. The number of aryl methyl sites for hydroxylation is 5. The summed E-state index contributed by atoms with van der Waals surface area (Å²) in [6.45, 7) is 11.1. The van der Waals surface area contributed by atoms with Crippen LogP contribution < -0.4 is 32.3 Å². The highest BCUT2D eigenvalue weighted by atomic mass is 19.3. The number of nitrogens with one attached hydrogen (secondary N) is 5. The summed E-state index contributed by atoms with van der Waals surface area (Å²) in [6, 6.07) is 16.8. The van der Waals surface area contributed by atoms with Gasteiger partial charge in [0.25, 0.3) is 5.92 Å². The number of anilines is 4. The Morgan fingerprint density at radius 3 is 1.71 bits per heavy atom. The molecule has 5 N–H and O–H groups in total. The normalized spacial score (nSPS) is 12.4. The van der Waals surface area contributed by atoms with Crippen LogP contribution in [0.5, 0.6) is 0 Å². The lowest BCUT2D eigenvalue weighted by Gasteiger charge is -2.21. The van der Waals surface area contributed by atoms with Gasteiger partial charge in [-0.05, 0) is 70.6 Å². The zero-order chi connectivity index (χ0) is 47.5. The molecule has 0 radical (unpaired) electrons. The Hall–Kier alpha value is -6.75. The average molecular weight is 895 g/mol. The Kier molecular flexibility index (Phi) is 14.4. The molecule has 0 bridgehead atoms. The molecule has 65 heavy (non-hydrogen) atoms. The zero-order valence-electron chi connectivity index (χ0n) is 39.0. The summed E-state index contributed by atoms with van der Waals surface area (Å²) in [7, 11) is 10.4. The van der Waals surface area contributed by atoms with E-state index in [9.17, 15) is 18.0 Å². The highest BCUT2D eigenvalue weighted by Gasteiger charge is 2.35. The number of rotatable bonds is 11. The number of hydrogen-bond donors (Lipinski definition) is 5. The van der Waals surface area contributed by atoms with Crippen molar-refractivity contribution in [3.63, 3.8) is 0 Å². The van der Waals surface area contributed by atoms with E-state index in [-0.39, 0.29) is 23.1 Å². The minimum absolute atomic E-state index is 0.0890. The van der Waals surface area contributed by atoms with Crippen molar-refractivity contribution >= 4 is 66.5 Å². The first-order valence-corrected chi connectivity index (χ1v) is 21.5. The SMILES string of the molecule is CCC.CNCC(F)(F)c1cccc(C(C)Nc2nnc(C)c3cc4c(cc23)n(C)c(=O)n4C)c1F.CNc1cc2c(C)nnc(N[C@H](C)c3cccc4c(F)cn(C)c34)c2cc1NC. The third-order valence-corrected chi connectivity index (χ3v) is 11.4. The van der Waals surface area contributed by atoms with Gasteiger partial charge in [-0.1, -0.05) is 50.6 Å². The highest BCUT2D eigenvalue weighted by molar-refractivity contribution is 6.02. The molecule has 0 fully saturated rings. The second-order valence-electron chi connectivity index (χ2n) is 16.2. The summed E-state index contributed by atoms with van der Waals surface area (Å²) in [4.78, 5) is 12.4. The molecule has 0 aliphatic heterocycles. The van der Waals surface area contributed by atoms with Crippen molar-refractivity contribution in [2.24, 2.45) is 21.1 Å². The number of fused-ring (bicyclic) bond motifs is 4. The molecule has 0 spiro atoms. The third kappa shape index (κ3) is 9.28. The summed E-state index contributed by atoms with van der Waals surface area (Å²) in [5.74, 6) is -3.46. The van der Waals surface area contributed by atoms with Gasteiger partial charge in [0.05, 0.1) is 63.5 Å². The standard InChI is InChI=1S/C23H25F3N6O.C22H25FN6.C3H8/c1-12(14-7-6-8-17(20(14)24)23(25,26)11-27-3)28-21-16-10-19-18(31(4)22(33)32(19)5)9-15(16)13(2)29-30-21;1-12(14-7-6-8-15-18(23)11-29(5)21(14)15)26-22-17-10-20(25-4)19(24-3)9-16(17)13(2)27-28-22;1-3-2/h6-10,12,27H,11H2,1-5H3,(H,28,30);6-12,24-25H,1-5H3,(H,26,28);3H2,1-2H3/t;12-;/m.1./s1. The molecule has 2 atom stereocenters. The van der Waals surface area contributed by atoms with E-state index in [0.717, 1.165) is 55.9 Å². The lowest BCUT2D eigenvalue weighted by molar-refractivity contribution is -0.00488. The van der Waals surface area contributed by atoms with Crippen LogP contribution in [0.1, 0.15) is 74.3 Å². The van der Waals surface area contributed by atoms with Crippen LogP contribution >= 0.6 is 0 Å². The van der Waals surface area contributed by atoms with Gasteiger partial charge in [-0.2, -0.15) is 19.0 Å². The average Bonchev–Trinajstić information content (AvgIpc) is 3.69. The van der Waals surface area contributed by atoms with Gasteiger partial charge in [-0.15, -0.1) is 10.2 Å². The van der Waals surface area contributed by atoms with Gasteiger partial charge in [-0.3, -0.25) is 9.13 Å². The van der Waals surface area contributed by atoms with E-state index in [2.05, 4.69) is 73.0 Å². The Bertz CT molecular complexity index is 3070. The van der Waals surface area contributed by atoms with Gasteiger partial charge < -0.3 is 31.2 Å². The summed E-state index contributed by atoms with van der Waals surface area (Å²) in [5.41, 5.74) is 6.11. The van der Waals surface area contributed by atoms with Crippen LogP contribution in [0.25, 0.3) is 43.5 Å². The number of imidazole rings is 1. The summed E-state index contributed by atoms with van der Waals surface area (Å²) >= 11 is 0. The first kappa shape index (κ1) is 47.7. The topological polar surface area (TPSA) is 144 Å². The number of benzene rings is 4. The van der Waals surface area contributed by atoms with E-state index in [1.165, 1.54) is 36.4 Å². The number of halogens is 4. The number of likely N-dealkylation sites (N-methyl/N-ethyl adjacent to an activating group) is 1. The van der Waals surface area contributed by atoms with E-state index in [1.807, 2.05) is 70.7 Å². The summed E-state index contributed by atoms with van der Waals surface area (Å²) < 4.78 is 63.0. The molecule has 13 nitrogen and oxygen atoms in total. The number of hydrogen-bond acceptors (Lipinski definition) is 10. The molecule has 17 heteroatoms. The molecular weight excluding hydrogens is 837 g/mol. The minimum Gasteiger partial charge on any atom is -0.386 e. The van der Waals surface area contributed by atoms with E-state index in [4.69, 9.17) is 0 Å². The molecule has 1 unspecified atom stereocenters. The van der Waals surface area contributed by atoms with Gasteiger partial charge in [-0.25, -0.2) is 13.6 Å². The molecule has 4 aromatic heterocycles. The van der Waals surface area contributed by atoms with Crippen LogP contribution in [-0.2, 0) is 27.1 Å². The van der Waals surface area contributed by atoms with Crippen molar-refractivity contribution in [1.82, 2.24) is 39.4 Å². The Labute approximate surface area is 375 Å². The second-order valence-corrected chi connectivity index (χ2v) is 16.2. The maximum Gasteiger partial charge on any atom is 0.328 e. The summed E-state index contributed by atoms with van der Waals surface area (Å²) in [6.07, 6.45) is 2.76. The van der Waals surface area contributed by atoms with Crippen LogP contribution in [0.2, 0.25) is 0 Å². The van der Waals surface area contributed by atoms with Crippen molar-refractivity contribution in [2.45, 2.75) is 66.0 Å². The van der Waals surface area contributed by atoms with E-state index >= 15 is 4.39 Å². The van der Waals surface area contributed by atoms with Crippen molar-refractivity contribution in [3.8, 4) is 0 Å². The van der Waals surface area contributed by atoms with Crippen molar-refractivity contribution in [3.05, 3.63) is 117 Å². The van der Waals surface area contributed by atoms with Gasteiger partial charge in [0, 0.05) is 73.9 Å². The molecule has 0 aliphatic carbocycles. The summed E-state index contributed by atoms with van der Waals surface area (Å²) in [5, 5.41) is 36.7. The van der Waals surface area contributed by atoms with E-state index in [1.54, 1.807) is 31.7 Å². The molecule has 8 rings (SSSR count).